The molecule has 0 atom stereocenters. The lowest BCUT2D eigenvalue weighted by molar-refractivity contribution is 0.0392. The van der Waals surface area contributed by atoms with Gasteiger partial charge in [0.2, 0.25) is 0 Å². The predicted octanol–water partition coefficient (Wildman–Crippen LogP) is 2.73. The summed E-state index contributed by atoms with van der Waals surface area (Å²) < 4.78 is 11.4. The van der Waals surface area contributed by atoms with Crippen molar-refractivity contribution in [2.75, 3.05) is 51.3 Å². The van der Waals surface area contributed by atoms with Gasteiger partial charge >= 0.3 is 5.97 Å². The van der Waals surface area contributed by atoms with Crippen molar-refractivity contribution in [2.24, 2.45) is 0 Å². The van der Waals surface area contributed by atoms with E-state index in [1.165, 1.54) is 0 Å². The van der Waals surface area contributed by atoms with E-state index in [1.807, 2.05) is 37.4 Å². The maximum atomic E-state index is 11.4. The molecule has 0 aliphatic carbocycles. The van der Waals surface area contributed by atoms with Crippen LogP contribution >= 0.6 is 0 Å². The number of anilines is 1. The number of likely N-dealkylation sites (N-methyl/N-ethyl adjacent to an activating group) is 1. The van der Waals surface area contributed by atoms with Crippen LogP contribution in [0.4, 0.5) is 5.69 Å². The third kappa shape index (κ3) is 5.45. The summed E-state index contributed by atoms with van der Waals surface area (Å²) in [6, 6.07) is 14.9. The highest BCUT2D eigenvalue weighted by molar-refractivity contribution is 5.89. The average Bonchev–Trinajstić information content (AvgIpc) is 2.72. The van der Waals surface area contributed by atoms with Gasteiger partial charge in [0.15, 0.2) is 0 Å². The van der Waals surface area contributed by atoms with Crippen LogP contribution in [0.3, 0.4) is 0 Å². The standard InChI is InChI=1S/C21H26N2O4/c1-22(9-10-23-11-13-26-14-12-23)19-15-18(21(24)25)7-8-20(19)27-16-17-5-3-2-4-6-17/h2-8,15H,9-14,16H2,1H3,(H,24,25). The van der Waals surface area contributed by atoms with Crippen LogP contribution in [0.5, 0.6) is 5.75 Å². The van der Waals surface area contributed by atoms with Gasteiger partial charge in [0, 0.05) is 33.2 Å². The van der Waals surface area contributed by atoms with Gasteiger partial charge in [0.05, 0.1) is 24.5 Å². The number of benzene rings is 2. The Balaban J connectivity index is 1.71. The lowest BCUT2D eigenvalue weighted by atomic mass is 10.1. The number of hydrogen-bond acceptors (Lipinski definition) is 5. The Bertz CT molecular complexity index is 745. The minimum atomic E-state index is -0.938. The molecule has 27 heavy (non-hydrogen) atoms. The van der Waals surface area contributed by atoms with Gasteiger partial charge in [-0.3, -0.25) is 4.90 Å². The number of aromatic carboxylic acids is 1. The predicted molar refractivity (Wildman–Crippen MR) is 105 cm³/mol. The molecule has 1 N–H and O–H groups in total. The molecular weight excluding hydrogens is 344 g/mol. The van der Waals surface area contributed by atoms with Crippen LogP contribution in [-0.4, -0.2) is 62.4 Å². The monoisotopic (exact) mass is 370 g/mol. The highest BCUT2D eigenvalue weighted by Gasteiger charge is 2.16. The summed E-state index contributed by atoms with van der Waals surface area (Å²) in [6.07, 6.45) is 0. The van der Waals surface area contributed by atoms with E-state index >= 15 is 0 Å². The summed E-state index contributed by atoms with van der Waals surface area (Å²) in [7, 11) is 1.97. The van der Waals surface area contributed by atoms with Gasteiger partial charge in [0.25, 0.3) is 0 Å². The highest BCUT2D eigenvalue weighted by Crippen LogP contribution is 2.30. The summed E-state index contributed by atoms with van der Waals surface area (Å²) in [5.41, 5.74) is 2.12. The molecule has 1 aliphatic rings. The first-order chi connectivity index (χ1) is 13.1. The third-order valence-corrected chi connectivity index (χ3v) is 4.71. The average molecular weight is 370 g/mol. The van der Waals surface area contributed by atoms with E-state index in [1.54, 1.807) is 18.2 Å². The van der Waals surface area contributed by atoms with E-state index in [4.69, 9.17) is 9.47 Å². The first kappa shape index (κ1) is 19.2. The first-order valence-electron chi connectivity index (χ1n) is 9.19. The van der Waals surface area contributed by atoms with Crippen molar-refractivity contribution < 1.29 is 19.4 Å². The Morgan fingerprint density at radius 3 is 2.63 bits per heavy atom. The summed E-state index contributed by atoms with van der Waals surface area (Å²) >= 11 is 0. The van der Waals surface area contributed by atoms with Crippen molar-refractivity contribution in [2.45, 2.75) is 6.61 Å². The van der Waals surface area contributed by atoms with Gasteiger partial charge in [-0.05, 0) is 23.8 Å². The normalized spacial score (nSPS) is 14.7. The number of hydrogen-bond donors (Lipinski definition) is 1. The van der Waals surface area contributed by atoms with Crippen LogP contribution in [0, 0.1) is 0 Å². The van der Waals surface area contributed by atoms with Gasteiger partial charge in [0.1, 0.15) is 12.4 Å². The molecule has 6 nitrogen and oxygen atoms in total. The van der Waals surface area contributed by atoms with Crippen molar-refractivity contribution in [3.63, 3.8) is 0 Å². The Morgan fingerprint density at radius 1 is 1.19 bits per heavy atom. The Labute approximate surface area is 159 Å². The van der Waals surface area contributed by atoms with Gasteiger partial charge in [-0.25, -0.2) is 4.79 Å². The zero-order valence-corrected chi connectivity index (χ0v) is 15.6. The number of ether oxygens (including phenoxy) is 2. The molecule has 1 heterocycles. The third-order valence-electron chi connectivity index (χ3n) is 4.71. The molecule has 0 saturated carbocycles. The van der Waals surface area contributed by atoms with Crippen LogP contribution in [0.1, 0.15) is 15.9 Å². The fraction of sp³-hybridized carbons (Fsp3) is 0.381. The van der Waals surface area contributed by atoms with Gasteiger partial charge in [-0.1, -0.05) is 30.3 Å². The molecule has 0 bridgehead atoms. The molecule has 144 valence electrons. The second-order valence-corrected chi connectivity index (χ2v) is 6.64. The highest BCUT2D eigenvalue weighted by atomic mass is 16.5. The lowest BCUT2D eigenvalue weighted by Gasteiger charge is -2.30. The minimum Gasteiger partial charge on any atom is -0.487 e. The molecule has 1 aliphatic heterocycles. The molecule has 0 spiro atoms. The van der Waals surface area contributed by atoms with Crippen LogP contribution in [-0.2, 0) is 11.3 Å². The molecule has 2 aromatic rings. The second kappa shape index (κ2) is 9.39. The van der Waals surface area contributed by atoms with Crippen LogP contribution < -0.4 is 9.64 Å². The van der Waals surface area contributed by atoms with E-state index in [-0.39, 0.29) is 5.56 Å². The molecule has 0 unspecified atom stereocenters. The summed E-state index contributed by atoms with van der Waals surface area (Å²) in [5.74, 6) is -0.249. The first-order valence-corrected chi connectivity index (χ1v) is 9.19. The zero-order valence-electron chi connectivity index (χ0n) is 15.6. The molecule has 2 aromatic carbocycles. The molecule has 1 fully saturated rings. The zero-order chi connectivity index (χ0) is 19.1. The fourth-order valence-electron chi connectivity index (χ4n) is 3.04. The molecule has 0 amide bonds. The molecule has 1 saturated heterocycles. The van der Waals surface area contributed by atoms with Gasteiger partial charge in [-0.2, -0.15) is 0 Å². The molecule has 3 rings (SSSR count). The van der Waals surface area contributed by atoms with E-state index in [0.29, 0.717) is 12.4 Å². The quantitative estimate of drug-likeness (QED) is 0.771. The summed E-state index contributed by atoms with van der Waals surface area (Å²) in [4.78, 5) is 15.8. The number of morpholine rings is 1. The van der Waals surface area contributed by atoms with Crippen molar-refractivity contribution in [1.29, 1.82) is 0 Å². The largest absolute Gasteiger partial charge is 0.487 e. The number of nitrogens with zero attached hydrogens (tertiary/aromatic N) is 2. The van der Waals surface area contributed by atoms with E-state index in [0.717, 1.165) is 50.6 Å². The summed E-state index contributed by atoms with van der Waals surface area (Å²) in [6.45, 7) is 5.52. The van der Waals surface area contributed by atoms with Crippen molar-refractivity contribution in [3.05, 3.63) is 59.7 Å². The van der Waals surface area contributed by atoms with Crippen molar-refractivity contribution in [1.82, 2.24) is 4.90 Å². The summed E-state index contributed by atoms with van der Waals surface area (Å²) in [5, 5.41) is 9.34. The number of carboxylic acids is 1. The van der Waals surface area contributed by atoms with Crippen molar-refractivity contribution in [3.8, 4) is 5.75 Å². The Kier molecular flexibility index (Phi) is 6.68. The topological polar surface area (TPSA) is 62.2 Å². The molecule has 6 heteroatoms. The number of carbonyl (C=O) groups is 1. The number of rotatable bonds is 8. The number of carboxylic acid groups (broad SMARTS) is 1. The second-order valence-electron chi connectivity index (χ2n) is 6.64. The molecule has 0 aromatic heterocycles. The van der Waals surface area contributed by atoms with E-state index in [9.17, 15) is 9.90 Å². The minimum absolute atomic E-state index is 0.260. The maximum Gasteiger partial charge on any atom is 0.335 e. The Hall–Kier alpha value is -2.57. The fourth-order valence-corrected chi connectivity index (χ4v) is 3.04. The molecular formula is C21H26N2O4. The SMILES string of the molecule is CN(CCN1CCOCC1)c1cc(C(=O)O)ccc1OCc1ccccc1. The molecule has 0 radical (unpaired) electrons. The van der Waals surface area contributed by atoms with Crippen LogP contribution in [0.2, 0.25) is 0 Å². The van der Waals surface area contributed by atoms with Gasteiger partial charge < -0.3 is 19.5 Å². The Morgan fingerprint density at radius 2 is 1.93 bits per heavy atom. The maximum absolute atomic E-state index is 11.4. The lowest BCUT2D eigenvalue weighted by Crippen LogP contribution is -2.40. The van der Waals surface area contributed by atoms with Crippen LogP contribution in [0.15, 0.2) is 48.5 Å². The smallest absolute Gasteiger partial charge is 0.335 e. The van der Waals surface area contributed by atoms with E-state index < -0.39 is 5.97 Å². The van der Waals surface area contributed by atoms with Crippen molar-refractivity contribution >= 4 is 11.7 Å². The van der Waals surface area contributed by atoms with E-state index in [2.05, 4.69) is 9.80 Å². The van der Waals surface area contributed by atoms with Crippen LogP contribution in [0.25, 0.3) is 0 Å². The van der Waals surface area contributed by atoms with Gasteiger partial charge in [-0.15, -0.1) is 0 Å².